The van der Waals surface area contributed by atoms with Crippen molar-refractivity contribution < 1.29 is 0 Å². The maximum atomic E-state index is 6.21. The standard InChI is InChI=1S/C14H13BrCl2N2/c15-9-1-4-11(5-2-9)19-14(8-18)12-6-3-10(16)7-13(12)17/h1-7,14,19H,8,18H2. The quantitative estimate of drug-likeness (QED) is 0.817. The first-order valence-electron chi connectivity index (χ1n) is 5.77. The van der Waals surface area contributed by atoms with Crippen molar-refractivity contribution >= 4 is 44.8 Å². The second-order valence-corrected chi connectivity index (χ2v) is 5.86. The van der Waals surface area contributed by atoms with Gasteiger partial charge >= 0.3 is 0 Å². The number of hydrogen-bond donors (Lipinski definition) is 2. The van der Waals surface area contributed by atoms with E-state index in [4.69, 9.17) is 28.9 Å². The Morgan fingerprint density at radius 3 is 2.37 bits per heavy atom. The van der Waals surface area contributed by atoms with Crippen molar-refractivity contribution in [2.75, 3.05) is 11.9 Å². The van der Waals surface area contributed by atoms with E-state index in [2.05, 4.69) is 21.2 Å². The highest BCUT2D eigenvalue weighted by Crippen LogP contribution is 2.28. The topological polar surface area (TPSA) is 38.0 Å². The van der Waals surface area contributed by atoms with Crippen LogP contribution in [-0.2, 0) is 0 Å². The summed E-state index contributed by atoms with van der Waals surface area (Å²) in [6.07, 6.45) is 0. The number of halogens is 3. The zero-order chi connectivity index (χ0) is 13.8. The lowest BCUT2D eigenvalue weighted by Gasteiger charge is -2.20. The van der Waals surface area contributed by atoms with Gasteiger partial charge in [0, 0.05) is 26.8 Å². The Hall–Kier alpha value is -0.740. The predicted molar refractivity (Wildman–Crippen MR) is 86.0 cm³/mol. The van der Waals surface area contributed by atoms with Crippen LogP contribution in [0.25, 0.3) is 0 Å². The van der Waals surface area contributed by atoms with Crippen molar-refractivity contribution in [3.05, 3.63) is 62.5 Å². The van der Waals surface area contributed by atoms with Crippen LogP contribution in [0.1, 0.15) is 11.6 Å². The molecule has 5 heteroatoms. The molecule has 0 aromatic heterocycles. The maximum absolute atomic E-state index is 6.21. The minimum atomic E-state index is -0.0501. The molecule has 0 spiro atoms. The van der Waals surface area contributed by atoms with Gasteiger partial charge in [-0.3, -0.25) is 0 Å². The Balaban J connectivity index is 2.22. The lowest BCUT2D eigenvalue weighted by molar-refractivity contribution is 0.790. The average molecular weight is 360 g/mol. The SMILES string of the molecule is NCC(Nc1ccc(Br)cc1)c1ccc(Cl)cc1Cl. The molecule has 0 heterocycles. The van der Waals surface area contributed by atoms with Gasteiger partial charge in [0.25, 0.3) is 0 Å². The molecule has 0 bridgehead atoms. The van der Waals surface area contributed by atoms with E-state index in [0.717, 1.165) is 15.7 Å². The van der Waals surface area contributed by atoms with Crippen LogP contribution in [-0.4, -0.2) is 6.54 Å². The van der Waals surface area contributed by atoms with Gasteiger partial charge in [0.2, 0.25) is 0 Å². The van der Waals surface area contributed by atoms with E-state index in [9.17, 15) is 0 Å². The van der Waals surface area contributed by atoms with E-state index in [1.165, 1.54) is 0 Å². The summed E-state index contributed by atoms with van der Waals surface area (Å²) < 4.78 is 1.03. The summed E-state index contributed by atoms with van der Waals surface area (Å²) in [5.74, 6) is 0. The molecule has 2 nitrogen and oxygen atoms in total. The lowest BCUT2D eigenvalue weighted by Crippen LogP contribution is -2.20. The molecule has 0 aliphatic heterocycles. The van der Waals surface area contributed by atoms with Gasteiger partial charge in [-0.1, -0.05) is 45.2 Å². The minimum Gasteiger partial charge on any atom is -0.377 e. The number of nitrogens with two attached hydrogens (primary N) is 1. The highest BCUT2D eigenvalue weighted by Gasteiger charge is 2.13. The molecule has 100 valence electrons. The van der Waals surface area contributed by atoms with Crippen molar-refractivity contribution in [2.45, 2.75) is 6.04 Å². The van der Waals surface area contributed by atoms with Crippen molar-refractivity contribution in [1.82, 2.24) is 0 Å². The van der Waals surface area contributed by atoms with Crippen LogP contribution in [0.15, 0.2) is 46.9 Å². The van der Waals surface area contributed by atoms with Crippen LogP contribution >= 0.6 is 39.1 Å². The highest BCUT2D eigenvalue weighted by molar-refractivity contribution is 9.10. The number of benzene rings is 2. The summed E-state index contributed by atoms with van der Waals surface area (Å²) in [4.78, 5) is 0. The second-order valence-electron chi connectivity index (χ2n) is 4.11. The maximum Gasteiger partial charge on any atom is 0.0650 e. The Kier molecular flexibility index (Phi) is 5.11. The Morgan fingerprint density at radius 2 is 1.79 bits per heavy atom. The fourth-order valence-corrected chi connectivity index (χ4v) is 2.60. The molecular formula is C14H13BrCl2N2. The first-order chi connectivity index (χ1) is 9.10. The number of hydrogen-bond acceptors (Lipinski definition) is 2. The molecule has 0 saturated heterocycles. The summed E-state index contributed by atoms with van der Waals surface area (Å²) >= 11 is 15.5. The van der Waals surface area contributed by atoms with E-state index in [0.29, 0.717) is 16.6 Å². The monoisotopic (exact) mass is 358 g/mol. The first-order valence-corrected chi connectivity index (χ1v) is 7.32. The Bertz CT molecular complexity index is 558. The molecule has 2 aromatic carbocycles. The molecule has 0 aliphatic rings. The summed E-state index contributed by atoms with van der Waals surface area (Å²) in [6.45, 7) is 0.442. The molecule has 0 aliphatic carbocycles. The normalized spacial score (nSPS) is 12.2. The zero-order valence-electron chi connectivity index (χ0n) is 10.0. The van der Waals surface area contributed by atoms with E-state index >= 15 is 0 Å². The summed E-state index contributed by atoms with van der Waals surface area (Å²) in [5, 5.41) is 4.60. The Labute approximate surface area is 131 Å². The molecule has 19 heavy (non-hydrogen) atoms. The van der Waals surface area contributed by atoms with Gasteiger partial charge in [-0.25, -0.2) is 0 Å². The second kappa shape index (κ2) is 6.62. The molecule has 1 atom stereocenters. The zero-order valence-corrected chi connectivity index (χ0v) is 13.1. The van der Waals surface area contributed by atoms with E-state index in [-0.39, 0.29) is 6.04 Å². The van der Waals surface area contributed by atoms with Gasteiger partial charge in [0.05, 0.1) is 6.04 Å². The van der Waals surface area contributed by atoms with E-state index in [1.807, 2.05) is 36.4 Å². The van der Waals surface area contributed by atoms with Gasteiger partial charge in [-0.15, -0.1) is 0 Å². The van der Waals surface area contributed by atoms with Gasteiger partial charge < -0.3 is 11.1 Å². The molecule has 2 aromatic rings. The fourth-order valence-electron chi connectivity index (χ4n) is 1.80. The van der Waals surface area contributed by atoms with Gasteiger partial charge in [0.15, 0.2) is 0 Å². The number of rotatable bonds is 4. The smallest absolute Gasteiger partial charge is 0.0650 e. The van der Waals surface area contributed by atoms with E-state index < -0.39 is 0 Å². The van der Waals surface area contributed by atoms with Crippen LogP contribution in [0.4, 0.5) is 5.69 Å². The van der Waals surface area contributed by atoms with Crippen LogP contribution in [0.5, 0.6) is 0 Å². The molecule has 0 fully saturated rings. The minimum absolute atomic E-state index is 0.0501. The summed E-state index contributed by atoms with van der Waals surface area (Å²) in [7, 11) is 0. The van der Waals surface area contributed by atoms with Gasteiger partial charge in [-0.2, -0.15) is 0 Å². The summed E-state index contributed by atoms with van der Waals surface area (Å²) in [5.41, 5.74) is 7.76. The third-order valence-corrected chi connectivity index (χ3v) is 3.85. The largest absolute Gasteiger partial charge is 0.377 e. The van der Waals surface area contributed by atoms with Gasteiger partial charge in [0.1, 0.15) is 0 Å². The third-order valence-electron chi connectivity index (χ3n) is 2.76. The van der Waals surface area contributed by atoms with Crippen LogP contribution in [0.2, 0.25) is 10.0 Å². The molecule has 0 radical (unpaired) electrons. The average Bonchev–Trinajstić information content (AvgIpc) is 2.39. The highest BCUT2D eigenvalue weighted by atomic mass is 79.9. The fraction of sp³-hybridized carbons (Fsp3) is 0.143. The molecule has 0 amide bonds. The molecule has 2 rings (SSSR count). The number of anilines is 1. The van der Waals surface area contributed by atoms with Crippen molar-refractivity contribution in [3.63, 3.8) is 0 Å². The molecule has 3 N–H and O–H groups in total. The summed E-state index contributed by atoms with van der Waals surface area (Å²) in [6, 6.07) is 13.3. The van der Waals surface area contributed by atoms with Crippen molar-refractivity contribution in [2.24, 2.45) is 5.73 Å². The molecule has 0 saturated carbocycles. The molecular weight excluding hydrogens is 347 g/mol. The number of nitrogens with one attached hydrogen (secondary N) is 1. The van der Waals surface area contributed by atoms with Crippen LogP contribution < -0.4 is 11.1 Å². The lowest BCUT2D eigenvalue weighted by atomic mass is 10.1. The van der Waals surface area contributed by atoms with Crippen LogP contribution in [0, 0.1) is 0 Å². The van der Waals surface area contributed by atoms with Crippen molar-refractivity contribution in [1.29, 1.82) is 0 Å². The predicted octanol–water partition coefficient (Wildman–Crippen LogP) is 4.87. The third kappa shape index (κ3) is 3.86. The van der Waals surface area contributed by atoms with Crippen molar-refractivity contribution in [3.8, 4) is 0 Å². The molecule has 1 unspecified atom stereocenters. The van der Waals surface area contributed by atoms with Crippen LogP contribution in [0.3, 0.4) is 0 Å². The van der Waals surface area contributed by atoms with E-state index in [1.54, 1.807) is 6.07 Å². The first kappa shape index (κ1) is 14.7. The van der Waals surface area contributed by atoms with Gasteiger partial charge in [-0.05, 0) is 42.0 Å². The Morgan fingerprint density at radius 1 is 1.11 bits per heavy atom.